The molecule has 0 spiro atoms. The highest BCUT2D eigenvalue weighted by molar-refractivity contribution is 6.33. The number of oxime groups is 1. The maximum atomic E-state index is 12.1. The van der Waals surface area contributed by atoms with Crippen molar-refractivity contribution < 1.29 is 14.4 Å². The molecule has 0 atom stereocenters. The number of hydrogen-bond acceptors (Lipinski definition) is 5. The van der Waals surface area contributed by atoms with E-state index >= 15 is 0 Å². The molecule has 0 radical (unpaired) electrons. The number of ether oxygens (including phenoxy) is 1. The fourth-order valence-corrected chi connectivity index (χ4v) is 2.48. The standard InChI is InChI=1S/C16H16ClN3O3/c1-9-8-10(2)19-14(17)13(9)15(18)20-23-16(21)11-6-4-5-7-12(11)22-3/h4-8H,1-3H3,(H2,18,20). The molecule has 2 N–H and O–H groups in total. The molecule has 1 heterocycles. The highest BCUT2D eigenvalue weighted by Crippen LogP contribution is 2.20. The first kappa shape index (κ1) is 16.8. The van der Waals surface area contributed by atoms with Gasteiger partial charge in [0, 0.05) is 5.69 Å². The van der Waals surface area contributed by atoms with Crippen molar-refractivity contribution in [1.29, 1.82) is 0 Å². The number of amidine groups is 1. The molecule has 7 heteroatoms. The molecule has 0 saturated carbocycles. The first-order chi connectivity index (χ1) is 10.9. The van der Waals surface area contributed by atoms with E-state index in [4.69, 9.17) is 26.9 Å². The van der Waals surface area contributed by atoms with E-state index in [9.17, 15) is 4.79 Å². The van der Waals surface area contributed by atoms with Crippen LogP contribution in [-0.2, 0) is 4.84 Å². The summed E-state index contributed by atoms with van der Waals surface area (Å²) < 4.78 is 5.10. The van der Waals surface area contributed by atoms with Crippen molar-refractivity contribution in [2.24, 2.45) is 10.9 Å². The van der Waals surface area contributed by atoms with Gasteiger partial charge in [-0.3, -0.25) is 0 Å². The summed E-state index contributed by atoms with van der Waals surface area (Å²) in [7, 11) is 1.46. The number of para-hydroxylation sites is 1. The second-order valence-corrected chi connectivity index (χ2v) is 5.16. The summed E-state index contributed by atoms with van der Waals surface area (Å²) >= 11 is 6.08. The molecule has 0 saturated heterocycles. The van der Waals surface area contributed by atoms with Crippen molar-refractivity contribution in [2.45, 2.75) is 13.8 Å². The van der Waals surface area contributed by atoms with Crippen LogP contribution in [-0.4, -0.2) is 23.9 Å². The van der Waals surface area contributed by atoms with Crippen LogP contribution in [0.4, 0.5) is 0 Å². The molecular weight excluding hydrogens is 318 g/mol. The third-order valence-corrected chi connectivity index (χ3v) is 3.38. The molecule has 6 nitrogen and oxygen atoms in total. The van der Waals surface area contributed by atoms with Gasteiger partial charge < -0.3 is 15.3 Å². The van der Waals surface area contributed by atoms with Crippen LogP contribution in [0.3, 0.4) is 0 Å². The van der Waals surface area contributed by atoms with Gasteiger partial charge in [-0.1, -0.05) is 28.9 Å². The number of aryl methyl sites for hydroxylation is 2. The largest absolute Gasteiger partial charge is 0.496 e. The Morgan fingerprint density at radius 1 is 1.30 bits per heavy atom. The van der Waals surface area contributed by atoms with Crippen LogP contribution in [0.5, 0.6) is 5.75 Å². The zero-order valence-electron chi connectivity index (χ0n) is 13.0. The molecule has 0 aliphatic rings. The molecule has 23 heavy (non-hydrogen) atoms. The van der Waals surface area contributed by atoms with E-state index in [1.54, 1.807) is 24.3 Å². The lowest BCUT2D eigenvalue weighted by Crippen LogP contribution is -2.18. The number of hydrogen-bond donors (Lipinski definition) is 1. The quantitative estimate of drug-likeness (QED) is 0.305. The summed E-state index contributed by atoms with van der Waals surface area (Å²) in [6.45, 7) is 3.64. The highest BCUT2D eigenvalue weighted by Gasteiger charge is 2.15. The summed E-state index contributed by atoms with van der Waals surface area (Å²) in [5, 5.41) is 3.87. The van der Waals surface area contributed by atoms with E-state index in [0.29, 0.717) is 11.3 Å². The number of methoxy groups -OCH3 is 1. The monoisotopic (exact) mass is 333 g/mol. The lowest BCUT2D eigenvalue weighted by Gasteiger charge is -2.08. The van der Waals surface area contributed by atoms with Crippen molar-refractivity contribution in [3.05, 3.63) is 57.9 Å². The molecule has 0 aliphatic heterocycles. The van der Waals surface area contributed by atoms with Crippen LogP contribution in [0, 0.1) is 13.8 Å². The van der Waals surface area contributed by atoms with Crippen LogP contribution in [0.25, 0.3) is 0 Å². The van der Waals surface area contributed by atoms with Crippen molar-refractivity contribution >= 4 is 23.4 Å². The number of carbonyl (C=O) groups excluding carboxylic acids is 1. The summed E-state index contributed by atoms with van der Waals surface area (Å²) in [5.74, 6) is -0.319. The zero-order chi connectivity index (χ0) is 17.0. The van der Waals surface area contributed by atoms with Gasteiger partial charge in [0.05, 0.1) is 12.7 Å². The summed E-state index contributed by atoms with van der Waals surface area (Å²) in [5.41, 5.74) is 8.09. The van der Waals surface area contributed by atoms with Crippen molar-refractivity contribution in [3.8, 4) is 5.75 Å². The number of benzene rings is 1. The van der Waals surface area contributed by atoms with Gasteiger partial charge in [0.1, 0.15) is 16.5 Å². The second-order valence-electron chi connectivity index (χ2n) is 4.80. The fourth-order valence-electron chi connectivity index (χ4n) is 2.10. The van der Waals surface area contributed by atoms with Gasteiger partial charge in [0.2, 0.25) is 0 Å². The highest BCUT2D eigenvalue weighted by atomic mass is 35.5. The Balaban J connectivity index is 2.25. The smallest absolute Gasteiger partial charge is 0.369 e. The Morgan fingerprint density at radius 2 is 2.00 bits per heavy atom. The minimum Gasteiger partial charge on any atom is -0.496 e. The topological polar surface area (TPSA) is 86.8 Å². The molecule has 0 amide bonds. The minimum absolute atomic E-state index is 0.0248. The van der Waals surface area contributed by atoms with E-state index < -0.39 is 5.97 Å². The molecule has 0 unspecified atom stereocenters. The minimum atomic E-state index is -0.681. The number of carbonyl (C=O) groups is 1. The third kappa shape index (κ3) is 3.78. The third-order valence-electron chi connectivity index (χ3n) is 3.11. The number of pyridine rings is 1. The van der Waals surface area contributed by atoms with Crippen molar-refractivity contribution in [1.82, 2.24) is 4.98 Å². The normalized spacial score (nSPS) is 11.2. The van der Waals surface area contributed by atoms with Gasteiger partial charge >= 0.3 is 5.97 Å². The fraction of sp³-hybridized carbons (Fsp3) is 0.188. The maximum Gasteiger partial charge on any atom is 0.369 e. The van der Waals surface area contributed by atoms with Crippen LogP contribution >= 0.6 is 11.6 Å². The number of nitrogens with two attached hydrogens (primary N) is 1. The maximum absolute atomic E-state index is 12.1. The SMILES string of the molecule is COc1ccccc1C(=O)O/N=C(/N)c1c(C)cc(C)nc1Cl. The van der Waals surface area contributed by atoms with Gasteiger partial charge in [0.25, 0.3) is 0 Å². The number of halogens is 1. The predicted octanol–water partition coefficient (Wildman–Crippen LogP) is 2.84. The molecule has 2 rings (SSSR count). The molecule has 0 fully saturated rings. The Bertz CT molecular complexity index is 752. The summed E-state index contributed by atoms with van der Waals surface area (Å²) in [6.07, 6.45) is 0. The Hall–Kier alpha value is -2.60. The van der Waals surface area contributed by atoms with E-state index in [1.807, 2.05) is 19.9 Å². The van der Waals surface area contributed by atoms with E-state index in [-0.39, 0.29) is 16.6 Å². The van der Waals surface area contributed by atoms with Crippen LogP contribution < -0.4 is 10.5 Å². The zero-order valence-corrected chi connectivity index (χ0v) is 13.7. The first-order valence-electron chi connectivity index (χ1n) is 6.76. The molecule has 1 aromatic carbocycles. The van der Waals surface area contributed by atoms with E-state index in [0.717, 1.165) is 11.3 Å². The molecular formula is C16H16ClN3O3. The lowest BCUT2D eigenvalue weighted by molar-refractivity contribution is 0.0512. The van der Waals surface area contributed by atoms with Gasteiger partial charge in [-0.05, 0) is 37.6 Å². The predicted molar refractivity (Wildman–Crippen MR) is 87.9 cm³/mol. The van der Waals surface area contributed by atoms with Gasteiger partial charge in [-0.2, -0.15) is 0 Å². The molecule has 0 aliphatic carbocycles. The van der Waals surface area contributed by atoms with Crippen LogP contribution in [0.15, 0.2) is 35.5 Å². The average Bonchev–Trinajstić information content (AvgIpc) is 2.51. The van der Waals surface area contributed by atoms with E-state index in [1.165, 1.54) is 7.11 Å². The molecule has 120 valence electrons. The molecule has 2 aromatic rings. The van der Waals surface area contributed by atoms with Gasteiger partial charge in [-0.25, -0.2) is 9.78 Å². The second kappa shape index (κ2) is 7.11. The summed E-state index contributed by atoms with van der Waals surface area (Å²) in [6, 6.07) is 8.46. The van der Waals surface area contributed by atoms with E-state index in [2.05, 4.69) is 10.1 Å². The first-order valence-corrected chi connectivity index (χ1v) is 7.13. The lowest BCUT2D eigenvalue weighted by atomic mass is 10.1. The number of aromatic nitrogens is 1. The van der Waals surface area contributed by atoms with Crippen LogP contribution in [0.1, 0.15) is 27.2 Å². The number of nitrogens with zero attached hydrogens (tertiary/aromatic N) is 2. The van der Waals surface area contributed by atoms with Gasteiger partial charge in [0.15, 0.2) is 5.84 Å². The number of rotatable bonds is 4. The Morgan fingerprint density at radius 3 is 2.65 bits per heavy atom. The van der Waals surface area contributed by atoms with Crippen molar-refractivity contribution in [2.75, 3.05) is 7.11 Å². The van der Waals surface area contributed by atoms with Crippen LogP contribution in [0.2, 0.25) is 5.15 Å². The Labute approximate surface area is 138 Å². The van der Waals surface area contributed by atoms with Gasteiger partial charge in [-0.15, -0.1) is 0 Å². The van der Waals surface area contributed by atoms with Crippen molar-refractivity contribution in [3.63, 3.8) is 0 Å². The summed E-state index contributed by atoms with van der Waals surface area (Å²) in [4.78, 5) is 21.1. The molecule has 0 bridgehead atoms. The average molecular weight is 334 g/mol. The molecule has 1 aromatic heterocycles. The Kier molecular flexibility index (Phi) is 5.18.